The molecule has 19 heavy (non-hydrogen) atoms. The highest BCUT2D eigenvalue weighted by Crippen LogP contribution is 2.34. The van der Waals surface area contributed by atoms with Crippen LogP contribution in [0.5, 0.6) is 0 Å². The van der Waals surface area contributed by atoms with Crippen molar-refractivity contribution in [2.45, 2.75) is 37.8 Å². The second-order valence-electron chi connectivity index (χ2n) is 4.88. The van der Waals surface area contributed by atoms with Crippen molar-refractivity contribution in [2.75, 3.05) is 6.61 Å². The highest BCUT2D eigenvalue weighted by atomic mass is 79.9. The zero-order chi connectivity index (χ0) is 13.6. The van der Waals surface area contributed by atoms with Crippen LogP contribution in [0.2, 0.25) is 0 Å². The van der Waals surface area contributed by atoms with Crippen LogP contribution in [-0.2, 0) is 4.74 Å². The number of hydrogen-bond donors (Lipinski definition) is 0. The smallest absolute Gasteiger partial charge is 0.160 e. The van der Waals surface area contributed by atoms with Gasteiger partial charge in [-0.25, -0.2) is 9.97 Å². The van der Waals surface area contributed by atoms with Crippen molar-refractivity contribution >= 4 is 38.7 Å². The number of alkyl halides is 1. The SMILES string of the molecule is CC(Cl)c1nc2cc(Br)cnc2n1C1CCOC1C. The largest absolute Gasteiger partial charge is 0.376 e. The first-order valence-corrected chi connectivity index (χ1v) is 7.60. The number of hydrogen-bond acceptors (Lipinski definition) is 3. The standard InChI is InChI=1S/C13H15BrClN3O/c1-7(15)12-17-10-5-9(14)6-16-13(10)18(12)11-3-4-19-8(11)2/h5-8,11H,3-4H2,1-2H3. The summed E-state index contributed by atoms with van der Waals surface area (Å²) >= 11 is 9.71. The lowest BCUT2D eigenvalue weighted by atomic mass is 10.1. The third-order valence-electron chi connectivity index (χ3n) is 3.55. The Morgan fingerprint density at radius 3 is 3.00 bits per heavy atom. The van der Waals surface area contributed by atoms with Crippen LogP contribution in [0.15, 0.2) is 16.7 Å². The molecule has 2 aromatic rings. The lowest BCUT2D eigenvalue weighted by Gasteiger charge is -2.19. The van der Waals surface area contributed by atoms with E-state index in [-0.39, 0.29) is 17.5 Å². The van der Waals surface area contributed by atoms with Crippen molar-refractivity contribution in [2.24, 2.45) is 0 Å². The number of ether oxygens (including phenoxy) is 1. The van der Waals surface area contributed by atoms with Crippen LogP contribution in [0.4, 0.5) is 0 Å². The summed E-state index contributed by atoms with van der Waals surface area (Å²) in [5.74, 6) is 0.865. The summed E-state index contributed by atoms with van der Waals surface area (Å²) in [5.41, 5.74) is 1.75. The Balaban J connectivity index is 2.22. The maximum absolute atomic E-state index is 6.28. The third kappa shape index (κ3) is 2.28. The number of fused-ring (bicyclic) bond motifs is 1. The minimum absolute atomic E-state index is 0.152. The summed E-state index contributed by atoms with van der Waals surface area (Å²) < 4.78 is 8.74. The van der Waals surface area contributed by atoms with E-state index < -0.39 is 0 Å². The molecule has 102 valence electrons. The molecule has 3 unspecified atom stereocenters. The molecule has 0 N–H and O–H groups in total. The topological polar surface area (TPSA) is 39.9 Å². The molecule has 1 aliphatic heterocycles. The minimum Gasteiger partial charge on any atom is -0.376 e. The summed E-state index contributed by atoms with van der Waals surface area (Å²) in [4.78, 5) is 9.14. The van der Waals surface area contributed by atoms with E-state index in [1.165, 1.54) is 0 Å². The molecule has 1 saturated heterocycles. The molecule has 6 heteroatoms. The van der Waals surface area contributed by atoms with E-state index in [1.54, 1.807) is 6.20 Å². The van der Waals surface area contributed by atoms with E-state index in [0.29, 0.717) is 0 Å². The molecule has 0 saturated carbocycles. The Hall–Kier alpha value is -0.650. The number of halogens is 2. The van der Waals surface area contributed by atoms with Crippen molar-refractivity contribution in [1.29, 1.82) is 0 Å². The fourth-order valence-electron chi connectivity index (χ4n) is 2.64. The molecule has 0 radical (unpaired) electrons. The molecular formula is C13H15BrClN3O. The van der Waals surface area contributed by atoms with Gasteiger partial charge >= 0.3 is 0 Å². The van der Waals surface area contributed by atoms with Crippen LogP contribution in [-0.4, -0.2) is 27.2 Å². The van der Waals surface area contributed by atoms with Gasteiger partial charge in [0.15, 0.2) is 5.65 Å². The first-order valence-electron chi connectivity index (χ1n) is 6.37. The third-order valence-corrected chi connectivity index (χ3v) is 4.18. The molecule has 3 rings (SSSR count). The van der Waals surface area contributed by atoms with Crippen molar-refractivity contribution in [3.8, 4) is 0 Å². The first-order chi connectivity index (χ1) is 9.08. The highest BCUT2D eigenvalue weighted by molar-refractivity contribution is 9.10. The summed E-state index contributed by atoms with van der Waals surface area (Å²) in [7, 11) is 0. The Morgan fingerprint density at radius 2 is 2.37 bits per heavy atom. The van der Waals surface area contributed by atoms with Gasteiger partial charge in [-0.15, -0.1) is 11.6 Å². The Bertz CT molecular complexity index is 613. The maximum Gasteiger partial charge on any atom is 0.160 e. The number of aromatic nitrogens is 3. The Kier molecular flexibility index (Phi) is 3.53. The fraction of sp³-hybridized carbons (Fsp3) is 0.538. The fourth-order valence-corrected chi connectivity index (χ4v) is 3.12. The van der Waals surface area contributed by atoms with Gasteiger partial charge in [0.05, 0.1) is 17.5 Å². The zero-order valence-corrected chi connectivity index (χ0v) is 13.1. The summed E-state index contributed by atoms with van der Waals surface area (Å²) in [6.07, 6.45) is 2.93. The monoisotopic (exact) mass is 343 g/mol. The molecule has 1 aliphatic rings. The van der Waals surface area contributed by atoms with Gasteiger partial charge in [-0.2, -0.15) is 0 Å². The number of rotatable bonds is 2. The molecule has 2 aromatic heterocycles. The molecule has 4 nitrogen and oxygen atoms in total. The average Bonchev–Trinajstić information content (AvgIpc) is 2.91. The molecule has 3 atom stereocenters. The molecule has 0 spiro atoms. The predicted molar refractivity (Wildman–Crippen MR) is 78.6 cm³/mol. The number of imidazole rings is 1. The van der Waals surface area contributed by atoms with Gasteiger partial charge in [-0.1, -0.05) is 0 Å². The van der Waals surface area contributed by atoms with Crippen LogP contribution < -0.4 is 0 Å². The summed E-state index contributed by atoms with van der Waals surface area (Å²) in [5, 5.41) is -0.152. The molecule has 3 heterocycles. The van der Waals surface area contributed by atoms with E-state index in [9.17, 15) is 0 Å². The number of pyridine rings is 1. The van der Waals surface area contributed by atoms with Crippen LogP contribution in [0.1, 0.15) is 37.5 Å². The predicted octanol–water partition coefficient (Wildman–Crippen LogP) is 3.84. The van der Waals surface area contributed by atoms with Gasteiger partial charge in [0.25, 0.3) is 0 Å². The first kappa shape index (κ1) is 13.3. The zero-order valence-electron chi connectivity index (χ0n) is 10.8. The quantitative estimate of drug-likeness (QED) is 0.777. The molecule has 0 aromatic carbocycles. The van der Waals surface area contributed by atoms with Gasteiger partial charge in [-0.05, 0) is 42.3 Å². The van der Waals surface area contributed by atoms with E-state index in [4.69, 9.17) is 16.3 Å². The van der Waals surface area contributed by atoms with Crippen LogP contribution in [0.25, 0.3) is 11.2 Å². The van der Waals surface area contributed by atoms with Gasteiger partial charge in [0.2, 0.25) is 0 Å². The second-order valence-corrected chi connectivity index (χ2v) is 6.45. The maximum atomic E-state index is 6.28. The van der Waals surface area contributed by atoms with E-state index in [1.807, 2.05) is 13.0 Å². The van der Waals surface area contributed by atoms with Crippen molar-refractivity contribution in [3.63, 3.8) is 0 Å². The molecule has 1 fully saturated rings. The lowest BCUT2D eigenvalue weighted by Crippen LogP contribution is -2.19. The van der Waals surface area contributed by atoms with Gasteiger partial charge in [0, 0.05) is 17.3 Å². The minimum atomic E-state index is -0.152. The van der Waals surface area contributed by atoms with Crippen LogP contribution in [0, 0.1) is 0 Å². The van der Waals surface area contributed by atoms with E-state index >= 15 is 0 Å². The molecular weight excluding hydrogens is 330 g/mol. The lowest BCUT2D eigenvalue weighted by molar-refractivity contribution is 0.108. The van der Waals surface area contributed by atoms with Crippen molar-refractivity contribution in [3.05, 3.63) is 22.6 Å². The highest BCUT2D eigenvalue weighted by Gasteiger charge is 2.31. The number of nitrogens with zero attached hydrogens (tertiary/aromatic N) is 3. The summed E-state index contributed by atoms with van der Waals surface area (Å²) in [6, 6.07) is 2.23. The molecule has 0 bridgehead atoms. The van der Waals surface area contributed by atoms with Gasteiger partial charge in [-0.3, -0.25) is 0 Å². The van der Waals surface area contributed by atoms with Crippen molar-refractivity contribution in [1.82, 2.24) is 14.5 Å². The molecule has 0 aliphatic carbocycles. The summed E-state index contributed by atoms with van der Waals surface area (Å²) in [6.45, 7) is 4.80. The molecule has 0 amide bonds. The Labute approximate surface area is 125 Å². The van der Waals surface area contributed by atoms with Gasteiger partial charge in [0.1, 0.15) is 11.3 Å². The second kappa shape index (κ2) is 5.04. The van der Waals surface area contributed by atoms with Crippen LogP contribution >= 0.6 is 27.5 Å². The van der Waals surface area contributed by atoms with Crippen molar-refractivity contribution < 1.29 is 4.74 Å². The normalized spacial score (nSPS) is 25.1. The van der Waals surface area contributed by atoms with Crippen LogP contribution in [0.3, 0.4) is 0 Å². The van der Waals surface area contributed by atoms with Gasteiger partial charge < -0.3 is 9.30 Å². The van der Waals surface area contributed by atoms with E-state index in [2.05, 4.69) is 37.4 Å². The van der Waals surface area contributed by atoms with E-state index in [0.717, 1.165) is 34.5 Å². The Morgan fingerprint density at radius 1 is 1.58 bits per heavy atom. The average molecular weight is 345 g/mol.